The van der Waals surface area contributed by atoms with E-state index in [1.807, 2.05) is 37.3 Å². The second-order valence-electron chi connectivity index (χ2n) is 6.28. The number of benzene rings is 2. The summed E-state index contributed by atoms with van der Waals surface area (Å²) in [5.41, 5.74) is 14.6. The minimum Gasteiger partial charge on any atom is -0.399 e. The van der Waals surface area contributed by atoms with Gasteiger partial charge in [-0.15, -0.1) is 0 Å². The van der Waals surface area contributed by atoms with E-state index in [2.05, 4.69) is 20.3 Å². The molecule has 2 aromatic heterocycles. The van der Waals surface area contributed by atoms with Crippen molar-refractivity contribution in [3.8, 4) is 5.69 Å². The molecule has 0 unspecified atom stereocenters. The van der Waals surface area contributed by atoms with E-state index in [4.69, 9.17) is 11.5 Å². The van der Waals surface area contributed by atoms with Crippen molar-refractivity contribution in [3.05, 3.63) is 65.7 Å². The van der Waals surface area contributed by atoms with Gasteiger partial charge in [-0.05, 0) is 36.8 Å². The van der Waals surface area contributed by atoms with Gasteiger partial charge in [-0.1, -0.05) is 18.2 Å². The van der Waals surface area contributed by atoms with E-state index in [0.29, 0.717) is 16.9 Å². The summed E-state index contributed by atoms with van der Waals surface area (Å²) in [4.78, 5) is 36.2. The number of fused-ring (bicyclic) bond motifs is 1. The van der Waals surface area contributed by atoms with Crippen LogP contribution in [-0.2, 0) is 0 Å². The molecule has 0 bridgehead atoms. The predicted molar refractivity (Wildman–Crippen MR) is 105 cm³/mol. The van der Waals surface area contributed by atoms with Crippen LogP contribution < -0.4 is 16.8 Å². The predicted octanol–water partition coefficient (Wildman–Crippen LogP) is 1.99. The van der Waals surface area contributed by atoms with Gasteiger partial charge in [0.15, 0.2) is 5.69 Å². The van der Waals surface area contributed by atoms with Crippen LogP contribution in [0, 0.1) is 6.92 Å². The molecule has 0 saturated heterocycles. The van der Waals surface area contributed by atoms with E-state index < -0.39 is 11.8 Å². The summed E-state index contributed by atoms with van der Waals surface area (Å²) < 4.78 is 1.49. The quantitative estimate of drug-likeness (QED) is 0.403. The Labute approximate surface area is 159 Å². The average Bonchev–Trinajstić information content (AvgIpc) is 3.27. The third-order valence-electron chi connectivity index (χ3n) is 4.33. The number of aromatic nitrogens is 4. The van der Waals surface area contributed by atoms with Gasteiger partial charge < -0.3 is 16.5 Å². The first-order valence-electron chi connectivity index (χ1n) is 8.44. The highest BCUT2D eigenvalue weighted by molar-refractivity contribution is 6.10. The SMILES string of the molecule is Cc1ccc(N)cc1-n1cnc(C(N)=O)c1C(=O)Nc1nc2ccccc2[nH]1. The molecule has 2 heterocycles. The number of anilines is 2. The number of aromatic amines is 1. The van der Waals surface area contributed by atoms with Crippen molar-refractivity contribution in [3.63, 3.8) is 0 Å². The van der Waals surface area contributed by atoms with Gasteiger partial charge >= 0.3 is 0 Å². The molecule has 6 N–H and O–H groups in total. The Morgan fingerprint density at radius 1 is 1.18 bits per heavy atom. The smallest absolute Gasteiger partial charge is 0.277 e. The van der Waals surface area contributed by atoms with Crippen molar-refractivity contribution >= 4 is 34.5 Å². The van der Waals surface area contributed by atoms with Crippen molar-refractivity contribution in [2.45, 2.75) is 6.92 Å². The molecule has 0 aliphatic rings. The molecular formula is C19H17N7O2. The summed E-state index contributed by atoms with van der Waals surface area (Å²) in [5.74, 6) is -1.14. The Balaban J connectivity index is 1.78. The van der Waals surface area contributed by atoms with E-state index in [-0.39, 0.29) is 17.3 Å². The second-order valence-corrected chi connectivity index (χ2v) is 6.28. The number of nitrogens with one attached hydrogen (secondary N) is 2. The Morgan fingerprint density at radius 2 is 1.96 bits per heavy atom. The van der Waals surface area contributed by atoms with Crippen molar-refractivity contribution < 1.29 is 9.59 Å². The maximum Gasteiger partial charge on any atom is 0.277 e. The number of H-pyrrole nitrogens is 1. The summed E-state index contributed by atoms with van der Waals surface area (Å²) in [6, 6.07) is 12.6. The topological polar surface area (TPSA) is 145 Å². The second kappa shape index (κ2) is 6.54. The van der Waals surface area contributed by atoms with Crippen LogP contribution in [0.25, 0.3) is 16.7 Å². The molecule has 4 rings (SSSR count). The van der Waals surface area contributed by atoms with Gasteiger partial charge in [0.1, 0.15) is 12.0 Å². The minimum absolute atomic E-state index is 0.00153. The first kappa shape index (κ1) is 17.3. The number of carbonyl (C=O) groups excluding carboxylic acids is 2. The summed E-state index contributed by atoms with van der Waals surface area (Å²) in [7, 11) is 0. The van der Waals surface area contributed by atoms with Gasteiger partial charge in [0.2, 0.25) is 5.95 Å². The molecule has 28 heavy (non-hydrogen) atoms. The monoisotopic (exact) mass is 375 g/mol. The third-order valence-corrected chi connectivity index (χ3v) is 4.33. The van der Waals surface area contributed by atoms with Crippen molar-refractivity contribution in [2.75, 3.05) is 11.1 Å². The highest BCUT2D eigenvalue weighted by Crippen LogP contribution is 2.22. The normalized spacial score (nSPS) is 10.9. The van der Waals surface area contributed by atoms with E-state index in [1.54, 1.807) is 12.1 Å². The van der Waals surface area contributed by atoms with Gasteiger partial charge in [-0.25, -0.2) is 9.97 Å². The fourth-order valence-electron chi connectivity index (χ4n) is 2.99. The molecule has 0 spiro atoms. The first-order chi connectivity index (χ1) is 13.4. The number of para-hydroxylation sites is 2. The number of nitrogens with zero attached hydrogens (tertiary/aromatic N) is 3. The number of aryl methyl sites for hydroxylation is 1. The molecule has 2 aromatic carbocycles. The average molecular weight is 375 g/mol. The number of imidazole rings is 2. The van der Waals surface area contributed by atoms with E-state index in [1.165, 1.54) is 10.9 Å². The lowest BCUT2D eigenvalue weighted by Crippen LogP contribution is -2.23. The Kier molecular flexibility index (Phi) is 4.04. The number of nitrogens with two attached hydrogens (primary N) is 2. The standard InChI is InChI=1S/C19H17N7O2/c1-10-6-7-11(20)8-14(10)26-9-22-15(17(21)27)16(26)18(28)25-19-23-12-4-2-3-5-13(12)24-19/h2-9H,20H2,1H3,(H2,21,27)(H2,23,24,25,28). The van der Waals surface area contributed by atoms with Crippen LogP contribution in [0.15, 0.2) is 48.8 Å². The molecule has 4 aromatic rings. The number of nitrogen functional groups attached to an aromatic ring is 1. The third kappa shape index (κ3) is 2.94. The van der Waals surface area contributed by atoms with Crippen LogP contribution in [0.4, 0.5) is 11.6 Å². The van der Waals surface area contributed by atoms with Crippen LogP contribution in [0.1, 0.15) is 26.5 Å². The summed E-state index contributed by atoms with van der Waals surface area (Å²) >= 11 is 0. The molecule has 140 valence electrons. The number of amides is 2. The lowest BCUT2D eigenvalue weighted by atomic mass is 10.1. The number of primary amides is 1. The number of hydrogen-bond acceptors (Lipinski definition) is 5. The van der Waals surface area contributed by atoms with Crippen LogP contribution in [0.2, 0.25) is 0 Å². The summed E-state index contributed by atoms with van der Waals surface area (Å²) in [6.07, 6.45) is 1.37. The fourth-order valence-corrected chi connectivity index (χ4v) is 2.99. The van der Waals surface area contributed by atoms with Gasteiger partial charge in [0.05, 0.1) is 16.7 Å². The zero-order chi connectivity index (χ0) is 19.8. The summed E-state index contributed by atoms with van der Waals surface area (Å²) in [6.45, 7) is 1.86. The zero-order valence-electron chi connectivity index (χ0n) is 14.9. The molecule has 9 heteroatoms. The van der Waals surface area contributed by atoms with Crippen LogP contribution in [-0.4, -0.2) is 31.3 Å². The Morgan fingerprint density at radius 3 is 2.71 bits per heavy atom. The minimum atomic E-state index is -0.810. The molecule has 0 saturated carbocycles. The molecule has 0 aliphatic heterocycles. The Bertz CT molecular complexity index is 1190. The lowest BCUT2D eigenvalue weighted by molar-refractivity contribution is 0.0970. The number of rotatable bonds is 4. The van der Waals surface area contributed by atoms with Crippen molar-refractivity contribution in [1.82, 2.24) is 19.5 Å². The van der Waals surface area contributed by atoms with Crippen molar-refractivity contribution in [2.24, 2.45) is 5.73 Å². The Hall–Kier alpha value is -4.14. The largest absolute Gasteiger partial charge is 0.399 e. The highest BCUT2D eigenvalue weighted by Gasteiger charge is 2.24. The fraction of sp³-hybridized carbons (Fsp3) is 0.0526. The molecule has 2 amide bonds. The number of carbonyl (C=O) groups is 2. The maximum atomic E-state index is 13.0. The van der Waals surface area contributed by atoms with Gasteiger partial charge in [-0.2, -0.15) is 0 Å². The highest BCUT2D eigenvalue weighted by atomic mass is 16.2. The van der Waals surface area contributed by atoms with Crippen molar-refractivity contribution in [1.29, 1.82) is 0 Å². The van der Waals surface area contributed by atoms with Crippen LogP contribution in [0.3, 0.4) is 0 Å². The zero-order valence-corrected chi connectivity index (χ0v) is 14.9. The first-order valence-corrected chi connectivity index (χ1v) is 8.44. The van der Waals surface area contributed by atoms with Gasteiger partial charge in [-0.3, -0.25) is 19.5 Å². The maximum absolute atomic E-state index is 13.0. The van der Waals surface area contributed by atoms with E-state index >= 15 is 0 Å². The molecule has 0 aliphatic carbocycles. The van der Waals surface area contributed by atoms with Crippen LogP contribution in [0.5, 0.6) is 0 Å². The van der Waals surface area contributed by atoms with E-state index in [0.717, 1.165) is 11.1 Å². The molecule has 0 radical (unpaired) electrons. The molecule has 9 nitrogen and oxygen atoms in total. The molecule has 0 atom stereocenters. The van der Waals surface area contributed by atoms with Gasteiger partial charge in [0, 0.05) is 5.69 Å². The molecular weight excluding hydrogens is 358 g/mol. The van der Waals surface area contributed by atoms with Crippen LogP contribution >= 0.6 is 0 Å². The lowest BCUT2D eigenvalue weighted by Gasteiger charge is -2.12. The summed E-state index contributed by atoms with van der Waals surface area (Å²) in [5, 5.41) is 2.67. The van der Waals surface area contributed by atoms with E-state index in [9.17, 15) is 9.59 Å². The van der Waals surface area contributed by atoms with Gasteiger partial charge in [0.25, 0.3) is 11.8 Å². The molecule has 0 fully saturated rings. The number of hydrogen-bond donors (Lipinski definition) is 4.